The van der Waals surface area contributed by atoms with Gasteiger partial charge in [-0.05, 0) is 44.4 Å². The Morgan fingerprint density at radius 3 is 2.56 bits per heavy atom. The van der Waals surface area contributed by atoms with Crippen molar-refractivity contribution in [2.45, 2.75) is 44.2 Å². The van der Waals surface area contributed by atoms with Crippen LogP contribution in [0.15, 0.2) is 36.8 Å². The number of methoxy groups -OCH3 is 1. The third-order valence-electron chi connectivity index (χ3n) is 6.07. The Morgan fingerprint density at radius 1 is 1.04 bits per heavy atom. The minimum Gasteiger partial charge on any atom is -0.384 e. The zero-order valence-electron chi connectivity index (χ0n) is 16.2. The van der Waals surface area contributed by atoms with Crippen molar-refractivity contribution in [3.8, 4) is 0 Å². The van der Waals surface area contributed by atoms with Crippen molar-refractivity contribution < 1.29 is 4.74 Å². The summed E-state index contributed by atoms with van der Waals surface area (Å²) in [5.74, 6) is 1.97. The molecule has 0 atom stereocenters. The molecule has 144 valence electrons. The van der Waals surface area contributed by atoms with Crippen molar-refractivity contribution in [1.82, 2.24) is 19.9 Å². The molecule has 2 aromatic heterocycles. The number of hydrogen-bond donors (Lipinski definition) is 0. The number of piperidine rings is 1. The molecular formula is C21H29N5O. The molecule has 0 radical (unpaired) electrons. The van der Waals surface area contributed by atoms with E-state index in [4.69, 9.17) is 4.74 Å². The van der Waals surface area contributed by atoms with Crippen molar-refractivity contribution >= 4 is 5.82 Å². The lowest BCUT2D eigenvalue weighted by Gasteiger charge is -2.45. The van der Waals surface area contributed by atoms with Gasteiger partial charge in [-0.15, -0.1) is 0 Å². The van der Waals surface area contributed by atoms with Crippen molar-refractivity contribution in [2.75, 3.05) is 38.3 Å². The molecular weight excluding hydrogens is 338 g/mol. The van der Waals surface area contributed by atoms with E-state index in [1.807, 2.05) is 24.7 Å². The van der Waals surface area contributed by atoms with Crippen LogP contribution in [0.2, 0.25) is 0 Å². The molecule has 1 spiro atoms. The predicted molar refractivity (Wildman–Crippen MR) is 106 cm³/mol. The Balaban J connectivity index is 1.38. The average molecular weight is 367 g/mol. The summed E-state index contributed by atoms with van der Waals surface area (Å²) < 4.78 is 5.10. The minimum atomic E-state index is 0.333. The molecule has 27 heavy (non-hydrogen) atoms. The lowest BCUT2D eigenvalue weighted by Crippen LogP contribution is -2.52. The fraction of sp³-hybridized carbons (Fsp3) is 0.571. The maximum absolute atomic E-state index is 5.10. The topological polar surface area (TPSA) is 54.4 Å². The van der Waals surface area contributed by atoms with Crippen LogP contribution in [0.25, 0.3) is 0 Å². The first kappa shape index (κ1) is 18.3. The largest absolute Gasteiger partial charge is 0.384 e. The first-order valence-corrected chi connectivity index (χ1v) is 9.99. The molecule has 2 aliphatic rings. The number of nitrogens with zero attached hydrogens (tertiary/aromatic N) is 5. The van der Waals surface area contributed by atoms with Crippen LogP contribution in [0.5, 0.6) is 0 Å². The van der Waals surface area contributed by atoms with E-state index >= 15 is 0 Å². The summed E-state index contributed by atoms with van der Waals surface area (Å²) in [6.45, 7) is 4.96. The highest BCUT2D eigenvalue weighted by Crippen LogP contribution is 2.39. The first-order valence-electron chi connectivity index (χ1n) is 9.99. The van der Waals surface area contributed by atoms with Crippen LogP contribution in [0.3, 0.4) is 0 Å². The van der Waals surface area contributed by atoms with Gasteiger partial charge in [-0.2, -0.15) is 0 Å². The number of ether oxygens (including phenoxy) is 1. The van der Waals surface area contributed by atoms with E-state index in [1.54, 1.807) is 7.11 Å². The van der Waals surface area contributed by atoms with Gasteiger partial charge < -0.3 is 9.64 Å². The highest BCUT2D eigenvalue weighted by molar-refractivity contribution is 5.38. The van der Waals surface area contributed by atoms with Crippen molar-refractivity contribution in [3.63, 3.8) is 0 Å². The summed E-state index contributed by atoms with van der Waals surface area (Å²) in [5, 5.41) is 0. The lowest BCUT2D eigenvalue weighted by molar-refractivity contribution is 0.0994. The molecule has 6 nitrogen and oxygen atoms in total. The van der Waals surface area contributed by atoms with Crippen molar-refractivity contribution in [3.05, 3.63) is 48.2 Å². The van der Waals surface area contributed by atoms with Crippen molar-refractivity contribution in [1.29, 1.82) is 0 Å². The summed E-state index contributed by atoms with van der Waals surface area (Å²) in [4.78, 5) is 18.6. The molecule has 2 saturated heterocycles. The smallest absolute Gasteiger partial charge is 0.130 e. The second-order valence-corrected chi connectivity index (χ2v) is 7.67. The molecule has 0 amide bonds. The van der Waals surface area contributed by atoms with Gasteiger partial charge in [0.1, 0.15) is 11.6 Å². The van der Waals surface area contributed by atoms with Gasteiger partial charge in [0.15, 0.2) is 0 Å². The van der Waals surface area contributed by atoms with E-state index in [1.165, 1.54) is 37.8 Å². The molecule has 0 aliphatic carbocycles. The average Bonchev–Trinajstić information content (AvgIpc) is 3.10. The third kappa shape index (κ3) is 4.12. The Kier molecular flexibility index (Phi) is 5.64. The van der Waals surface area contributed by atoms with E-state index in [0.29, 0.717) is 12.1 Å². The van der Waals surface area contributed by atoms with Gasteiger partial charge in [-0.25, -0.2) is 15.0 Å². The molecule has 2 aromatic rings. The highest BCUT2D eigenvalue weighted by atomic mass is 16.5. The van der Waals surface area contributed by atoms with Crippen LogP contribution in [-0.4, -0.2) is 58.7 Å². The molecule has 4 heterocycles. The van der Waals surface area contributed by atoms with Crippen molar-refractivity contribution in [2.24, 2.45) is 0 Å². The van der Waals surface area contributed by atoms with Crippen LogP contribution < -0.4 is 4.90 Å². The van der Waals surface area contributed by atoms with Gasteiger partial charge >= 0.3 is 0 Å². The quantitative estimate of drug-likeness (QED) is 0.782. The Morgan fingerprint density at radius 2 is 1.85 bits per heavy atom. The van der Waals surface area contributed by atoms with Gasteiger partial charge in [-0.1, -0.05) is 6.07 Å². The SMILES string of the molecule is COCCc1ncc(CN2CCCC23CCN(c2ccccn2)CC3)cn1. The molecule has 0 N–H and O–H groups in total. The number of hydrogen-bond acceptors (Lipinski definition) is 6. The molecule has 6 heteroatoms. The third-order valence-corrected chi connectivity index (χ3v) is 6.07. The molecule has 0 bridgehead atoms. The predicted octanol–water partition coefficient (Wildman–Crippen LogP) is 2.70. The standard InChI is InChI=1S/C21H29N5O/c1-27-14-6-19-23-15-18(16-24-19)17-26-11-4-7-21(26)8-12-25(13-9-21)20-5-2-3-10-22-20/h2-3,5,10,15-16H,4,6-9,11-14,17H2,1H3. The number of aromatic nitrogens is 3. The second kappa shape index (κ2) is 8.31. The zero-order valence-corrected chi connectivity index (χ0v) is 16.2. The van der Waals surface area contributed by atoms with Gasteiger partial charge in [-0.3, -0.25) is 4.90 Å². The Bertz CT molecular complexity index is 713. The van der Waals surface area contributed by atoms with Crippen LogP contribution in [-0.2, 0) is 17.7 Å². The lowest BCUT2D eigenvalue weighted by atomic mass is 9.84. The highest BCUT2D eigenvalue weighted by Gasteiger charge is 2.43. The summed E-state index contributed by atoms with van der Waals surface area (Å²) in [5.41, 5.74) is 1.55. The number of pyridine rings is 1. The Hall–Kier alpha value is -2.05. The van der Waals surface area contributed by atoms with E-state index in [2.05, 4.69) is 36.9 Å². The molecule has 2 aliphatic heterocycles. The van der Waals surface area contributed by atoms with Crippen LogP contribution in [0.4, 0.5) is 5.82 Å². The van der Waals surface area contributed by atoms with Crippen LogP contribution in [0, 0.1) is 0 Å². The second-order valence-electron chi connectivity index (χ2n) is 7.67. The molecule has 0 aromatic carbocycles. The monoisotopic (exact) mass is 367 g/mol. The molecule has 2 fully saturated rings. The summed E-state index contributed by atoms with van der Waals surface area (Å²) >= 11 is 0. The van der Waals surface area contributed by atoms with E-state index in [0.717, 1.165) is 37.7 Å². The maximum atomic E-state index is 5.10. The summed E-state index contributed by atoms with van der Waals surface area (Å²) in [6, 6.07) is 6.17. The first-order chi connectivity index (χ1) is 13.3. The van der Waals surface area contributed by atoms with E-state index in [9.17, 15) is 0 Å². The fourth-order valence-corrected chi connectivity index (χ4v) is 4.51. The summed E-state index contributed by atoms with van der Waals surface area (Å²) in [6.07, 6.45) is 11.6. The zero-order chi connectivity index (χ0) is 18.5. The normalized spacial score (nSPS) is 19.7. The van der Waals surface area contributed by atoms with Gasteiger partial charge in [0.25, 0.3) is 0 Å². The number of anilines is 1. The molecule has 0 unspecified atom stereocenters. The van der Waals surface area contributed by atoms with Gasteiger partial charge in [0.2, 0.25) is 0 Å². The van der Waals surface area contributed by atoms with Crippen LogP contribution in [0.1, 0.15) is 37.1 Å². The van der Waals surface area contributed by atoms with E-state index in [-0.39, 0.29) is 0 Å². The van der Waals surface area contributed by atoms with Gasteiger partial charge in [0.05, 0.1) is 6.61 Å². The van der Waals surface area contributed by atoms with Gasteiger partial charge in [0, 0.05) is 62.9 Å². The Labute approximate surface area is 161 Å². The van der Waals surface area contributed by atoms with Crippen LogP contribution >= 0.6 is 0 Å². The number of likely N-dealkylation sites (tertiary alicyclic amines) is 1. The minimum absolute atomic E-state index is 0.333. The summed E-state index contributed by atoms with van der Waals surface area (Å²) in [7, 11) is 1.71. The fourth-order valence-electron chi connectivity index (χ4n) is 4.51. The molecule has 0 saturated carbocycles. The number of rotatable bonds is 6. The maximum Gasteiger partial charge on any atom is 0.130 e. The molecule has 4 rings (SSSR count). The van der Waals surface area contributed by atoms with E-state index < -0.39 is 0 Å².